The highest BCUT2D eigenvalue weighted by molar-refractivity contribution is 7.80. The van der Waals surface area contributed by atoms with Gasteiger partial charge >= 0.3 is 0 Å². The second-order valence-corrected chi connectivity index (χ2v) is 5.74. The lowest BCUT2D eigenvalue weighted by Crippen LogP contribution is -2.37. The molecule has 1 aromatic rings. The van der Waals surface area contributed by atoms with Crippen molar-refractivity contribution in [2.75, 3.05) is 11.4 Å². The van der Waals surface area contributed by atoms with Gasteiger partial charge in [-0.25, -0.2) is 4.98 Å². The Balaban J connectivity index is 2.28. The van der Waals surface area contributed by atoms with Crippen molar-refractivity contribution < 1.29 is 0 Å². The van der Waals surface area contributed by atoms with E-state index in [0.29, 0.717) is 11.0 Å². The zero-order valence-corrected chi connectivity index (χ0v) is 12.7. The van der Waals surface area contributed by atoms with Crippen molar-refractivity contribution >= 4 is 23.0 Å². The Kier molecular flexibility index (Phi) is 4.75. The van der Waals surface area contributed by atoms with E-state index in [1.165, 1.54) is 32.1 Å². The van der Waals surface area contributed by atoms with Gasteiger partial charge < -0.3 is 10.6 Å². The van der Waals surface area contributed by atoms with Crippen LogP contribution in [-0.2, 0) is 0 Å². The van der Waals surface area contributed by atoms with Gasteiger partial charge in [0.1, 0.15) is 10.8 Å². The third-order valence-corrected chi connectivity index (χ3v) is 4.11. The van der Waals surface area contributed by atoms with Crippen molar-refractivity contribution in [3.05, 3.63) is 23.4 Å². The molecule has 0 saturated heterocycles. The Bertz CT molecular complexity index is 453. The maximum absolute atomic E-state index is 5.76. The normalized spacial score (nSPS) is 16.3. The Morgan fingerprint density at radius 2 is 2.05 bits per heavy atom. The molecule has 1 aromatic heterocycles. The van der Waals surface area contributed by atoms with Crippen molar-refractivity contribution in [1.29, 1.82) is 0 Å². The van der Waals surface area contributed by atoms with Gasteiger partial charge in [-0.2, -0.15) is 0 Å². The van der Waals surface area contributed by atoms with Gasteiger partial charge in [0.25, 0.3) is 0 Å². The van der Waals surface area contributed by atoms with Gasteiger partial charge in [0.2, 0.25) is 0 Å². The lowest BCUT2D eigenvalue weighted by molar-refractivity contribution is 0.416. The third kappa shape index (κ3) is 3.44. The highest BCUT2D eigenvalue weighted by Crippen LogP contribution is 2.26. The van der Waals surface area contributed by atoms with Crippen LogP contribution >= 0.6 is 12.2 Å². The summed E-state index contributed by atoms with van der Waals surface area (Å²) < 4.78 is 0. The Morgan fingerprint density at radius 3 is 2.63 bits per heavy atom. The maximum Gasteiger partial charge on any atom is 0.129 e. The van der Waals surface area contributed by atoms with Crippen LogP contribution in [0.2, 0.25) is 0 Å². The van der Waals surface area contributed by atoms with Crippen LogP contribution in [0.3, 0.4) is 0 Å². The first-order chi connectivity index (χ1) is 9.11. The number of nitrogens with zero attached hydrogens (tertiary/aromatic N) is 2. The van der Waals surface area contributed by atoms with E-state index in [1.807, 2.05) is 19.1 Å². The summed E-state index contributed by atoms with van der Waals surface area (Å²) >= 11 is 5.09. The molecule has 0 unspecified atom stereocenters. The van der Waals surface area contributed by atoms with Crippen LogP contribution in [0.25, 0.3) is 0 Å². The second kappa shape index (κ2) is 6.33. The van der Waals surface area contributed by atoms with E-state index in [-0.39, 0.29) is 0 Å². The number of anilines is 1. The molecule has 104 valence electrons. The van der Waals surface area contributed by atoms with Crippen LogP contribution in [0.4, 0.5) is 5.82 Å². The molecule has 1 saturated carbocycles. The number of aromatic nitrogens is 1. The van der Waals surface area contributed by atoms with Crippen LogP contribution in [0.5, 0.6) is 0 Å². The summed E-state index contributed by atoms with van der Waals surface area (Å²) in [5, 5.41) is 0. The molecule has 1 heterocycles. The van der Waals surface area contributed by atoms with Gasteiger partial charge in [-0.3, -0.25) is 0 Å². The summed E-state index contributed by atoms with van der Waals surface area (Å²) in [6.45, 7) is 5.18. The molecule has 1 fully saturated rings. The smallest absolute Gasteiger partial charge is 0.129 e. The number of hydrogen-bond acceptors (Lipinski definition) is 3. The lowest BCUT2D eigenvalue weighted by atomic mass is 9.94. The van der Waals surface area contributed by atoms with E-state index in [0.717, 1.165) is 23.6 Å². The number of nitrogens with two attached hydrogens (primary N) is 1. The fraction of sp³-hybridized carbons (Fsp3) is 0.600. The zero-order valence-electron chi connectivity index (χ0n) is 11.9. The van der Waals surface area contributed by atoms with Gasteiger partial charge in [-0.05, 0) is 38.8 Å². The summed E-state index contributed by atoms with van der Waals surface area (Å²) in [5.41, 5.74) is 7.66. The summed E-state index contributed by atoms with van der Waals surface area (Å²) in [7, 11) is 0. The zero-order chi connectivity index (χ0) is 13.8. The molecule has 0 amide bonds. The van der Waals surface area contributed by atoms with Gasteiger partial charge in [-0.15, -0.1) is 0 Å². The van der Waals surface area contributed by atoms with Crippen molar-refractivity contribution in [1.82, 2.24) is 4.98 Å². The monoisotopic (exact) mass is 277 g/mol. The van der Waals surface area contributed by atoms with E-state index in [1.54, 1.807) is 0 Å². The summed E-state index contributed by atoms with van der Waals surface area (Å²) in [5.74, 6) is 1.03. The van der Waals surface area contributed by atoms with Crippen LogP contribution in [0.1, 0.15) is 50.3 Å². The molecular weight excluding hydrogens is 254 g/mol. The van der Waals surface area contributed by atoms with Gasteiger partial charge in [0.05, 0.1) is 0 Å². The van der Waals surface area contributed by atoms with Gasteiger partial charge in [-0.1, -0.05) is 31.5 Å². The maximum atomic E-state index is 5.76. The van der Waals surface area contributed by atoms with Crippen molar-refractivity contribution in [2.45, 2.75) is 52.0 Å². The minimum Gasteiger partial charge on any atom is -0.389 e. The minimum atomic E-state index is 0.450. The third-order valence-electron chi connectivity index (χ3n) is 3.87. The summed E-state index contributed by atoms with van der Waals surface area (Å²) in [6, 6.07) is 4.61. The molecule has 0 bridgehead atoms. The average Bonchev–Trinajstić information content (AvgIpc) is 2.40. The van der Waals surface area contributed by atoms with Gasteiger partial charge in [0, 0.05) is 23.8 Å². The van der Waals surface area contributed by atoms with Crippen LogP contribution in [0, 0.1) is 6.92 Å². The molecular formula is C15H23N3S. The average molecular weight is 277 g/mol. The molecule has 4 heteroatoms. The van der Waals surface area contributed by atoms with Crippen LogP contribution < -0.4 is 10.6 Å². The first-order valence-corrected chi connectivity index (χ1v) is 7.57. The number of aryl methyl sites for hydroxylation is 1. The molecule has 19 heavy (non-hydrogen) atoms. The largest absolute Gasteiger partial charge is 0.389 e. The standard InChI is InChI=1S/C15H23N3S/c1-3-18(13-7-5-4-6-8-13)14-10-12(15(16)19)9-11(2)17-14/h9-10,13H,3-8H2,1-2H3,(H2,16,19). The first-order valence-electron chi connectivity index (χ1n) is 7.17. The van der Waals surface area contributed by atoms with Gasteiger partial charge in [0.15, 0.2) is 0 Å². The molecule has 0 aliphatic heterocycles. The van der Waals surface area contributed by atoms with E-state index >= 15 is 0 Å². The predicted octanol–water partition coefficient (Wildman–Crippen LogP) is 3.18. The molecule has 0 atom stereocenters. The van der Waals surface area contributed by atoms with E-state index in [2.05, 4.69) is 16.8 Å². The number of rotatable bonds is 4. The fourth-order valence-electron chi connectivity index (χ4n) is 2.94. The highest BCUT2D eigenvalue weighted by Gasteiger charge is 2.21. The molecule has 3 nitrogen and oxygen atoms in total. The summed E-state index contributed by atoms with van der Waals surface area (Å²) in [6.07, 6.45) is 6.56. The quantitative estimate of drug-likeness (QED) is 0.858. The molecule has 0 spiro atoms. The number of thiocarbonyl (C=S) groups is 1. The summed E-state index contributed by atoms with van der Waals surface area (Å²) in [4.78, 5) is 7.53. The molecule has 2 N–H and O–H groups in total. The topological polar surface area (TPSA) is 42.1 Å². The highest BCUT2D eigenvalue weighted by atomic mass is 32.1. The molecule has 0 aromatic carbocycles. The van der Waals surface area contributed by atoms with E-state index < -0.39 is 0 Å². The van der Waals surface area contributed by atoms with Crippen molar-refractivity contribution in [2.24, 2.45) is 5.73 Å². The van der Waals surface area contributed by atoms with E-state index in [4.69, 9.17) is 18.0 Å². The molecule has 0 radical (unpaired) electrons. The molecule has 2 rings (SSSR count). The minimum absolute atomic E-state index is 0.450. The predicted molar refractivity (Wildman–Crippen MR) is 84.8 cm³/mol. The van der Waals surface area contributed by atoms with E-state index in [9.17, 15) is 0 Å². The number of hydrogen-bond donors (Lipinski definition) is 1. The first kappa shape index (κ1) is 14.3. The Hall–Kier alpha value is -1.16. The van der Waals surface area contributed by atoms with Crippen LogP contribution in [-0.4, -0.2) is 22.6 Å². The Labute approximate surface area is 121 Å². The Morgan fingerprint density at radius 1 is 1.37 bits per heavy atom. The molecule has 1 aliphatic rings. The van der Waals surface area contributed by atoms with Crippen molar-refractivity contribution in [3.63, 3.8) is 0 Å². The van der Waals surface area contributed by atoms with Crippen molar-refractivity contribution in [3.8, 4) is 0 Å². The van der Waals surface area contributed by atoms with Crippen LogP contribution in [0.15, 0.2) is 12.1 Å². The number of pyridine rings is 1. The SMILES string of the molecule is CCN(c1cc(C(N)=S)cc(C)n1)C1CCCCC1. The second-order valence-electron chi connectivity index (χ2n) is 5.30. The molecule has 1 aliphatic carbocycles. The lowest BCUT2D eigenvalue weighted by Gasteiger charge is -2.34. The fourth-order valence-corrected chi connectivity index (χ4v) is 3.06.